The Kier molecular flexibility index (Phi) is 4.38. The zero-order valence-electron chi connectivity index (χ0n) is 10.9. The van der Waals surface area contributed by atoms with Gasteiger partial charge in [0.25, 0.3) is 0 Å². The van der Waals surface area contributed by atoms with Gasteiger partial charge in [0.2, 0.25) is 10.0 Å². The average molecular weight is 285 g/mol. The summed E-state index contributed by atoms with van der Waals surface area (Å²) in [5.74, 6) is 0.763. The van der Waals surface area contributed by atoms with Crippen LogP contribution in [0.2, 0.25) is 0 Å². The number of hydrogen-bond acceptors (Lipinski definition) is 5. The van der Waals surface area contributed by atoms with Crippen LogP contribution < -0.4 is 5.73 Å². The van der Waals surface area contributed by atoms with E-state index in [1.165, 1.54) is 22.6 Å². The number of hydrogen-bond donors (Lipinski definition) is 1. The number of nitrogens with zero attached hydrogens (tertiary/aromatic N) is 2. The van der Waals surface area contributed by atoms with Crippen LogP contribution in [0, 0.1) is 5.92 Å². The highest BCUT2D eigenvalue weighted by molar-refractivity contribution is 7.89. The lowest BCUT2D eigenvalue weighted by molar-refractivity contribution is 0.121. The van der Waals surface area contributed by atoms with Crippen molar-refractivity contribution in [2.45, 2.75) is 17.7 Å². The molecule has 2 rings (SSSR count). The highest BCUT2D eigenvalue weighted by atomic mass is 32.2. The van der Waals surface area contributed by atoms with E-state index >= 15 is 0 Å². The van der Waals surface area contributed by atoms with Crippen LogP contribution in [0.4, 0.5) is 5.82 Å². The molecule has 7 heteroatoms. The lowest BCUT2D eigenvalue weighted by Gasteiger charge is -2.30. The Labute approximate surface area is 113 Å². The van der Waals surface area contributed by atoms with Gasteiger partial charge in [0.1, 0.15) is 10.7 Å². The van der Waals surface area contributed by atoms with Crippen LogP contribution in [0.1, 0.15) is 12.8 Å². The maximum absolute atomic E-state index is 12.4. The molecule has 2 N–H and O–H groups in total. The van der Waals surface area contributed by atoms with Crippen LogP contribution in [0.15, 0.2) is 23.2 Å². The minimum absolute atomic E-state index is 0.201. The van der Waals surface area contributed by atoms with Gasteiger partial charge in [-0.3, -0.25) is 0 Å². The summed E-state index contributed by atoms with van der Waals surface area (Å²) in [6.07, 6.45) is 2.97. The highest BCUT2D eigenvalue weighted by Crippen LogP contribution is 2.23. The molecule has 0 saturated carbocycles. The standard InChI is InChI=1S/C12H19N3O3S/c1-18-9-10-4-6-15(7-5-10)19(16,17)11-2-3-12(13)14-8-11/h2-3,8,10H,4-7,9H2,1H3,(H2,13,14). The van der Waals surface area contributed by atoms with Gasteiger partial charge in [0.05, 0.1) is 0 Å². The Hall–Kier alpha value is -1.18. The van der Waals surface area contributed by atoms with Gasteiger partial charge in [-0.1, -0.05) is 0 Å². The normalized spacial score (nSPS) is 18.6. The summed E-state index contributed by atoms with van der Waals surface area (Å²) in [7, 11) is -1.77. The second kappa shape index (κ2) is 5.85. The third-order valence-corrected chi connectivity index (χ3v) is 5.26. The average Bonchev–Trinajstić information content (AvgIpc) is 2.40. The van der Waals surface area contributed by atoms with Gasteiger partial charge in [-0.2, -0.15) is 4.31 Å². The Bertz CT molecular complexity index is 508. The quantitative estimate of drug-likeness (QED) is 0.880. The van der Waals surface area contributed by atoms with E-state index in [9.17, 15) is 8.42 Å². The van der Waals surface area contributed by atoms with E-state index in [0.29, 0.717) is 31.4 Å². The molecule has 0 spiro atoms. The SMILES string of the molecule is COCC1CCN(S(=O)(=O)c2ccc(N)nc2)CC1. The first-order valence-corrected chi connectivity index (χ1v) is 7.68. The van der Waals surface area contributed by atoms with Crippen LogP contribution in [-0.4, -0.2) is 44.5 Å². The topological polar surface area (TPSA) is 85.5 Å². The van der Waals surface area contributed by atoms with Gasteiger partial charge in [-0.05, 0) is 30.9 Å². The Balaban J connectivity index is 2.07. The maximum Gasteiger partial charge on any atom is 0.244 e. The fraction of sp³-hybridized carbons (Fsp3) is 0.583. The Morgan fingerprint density at radius 1 is 1.42 bits per heavy atom. The molecule has 1 aromatic heterocycles. The van der Waals surface area contributed by atoms with Crippen molar-refractivity contribution in [3.05, 3.63) is 18.3 Å². The number of rotatable bonds is 4. The molecule has 0 aliphatic carbocycles. The summed E-state index contributed by atoms with van der Waals surface area (Å²) in [5.41, 5.74) is 5.47. The maximum atomic E-state index is 12.4. The van der Waals surface area contributed by atoms with Crippen LogP contribution in [-0.2, 0) is 14.8 Å². The monoisotopic (exact) mass is 285 g/mol. The molecule has 0 radical (unpaired) electrons. The molecule has 1 fully saturated rings. The predicted octanol–water partition coefficient (Wildman–Crippen LogP) is 0.711. The van der Waals surface area contributed by atoms with E-state index in [1.807, 2.05) is 0 Å². The smallest absolute Gasteiger partial charge is 0.244 e. The van der Waals surface area contributed by atoms with Crippen molar-refractivity contribution in [2.75, 3.05) is 32.5 Å². The van der Waals surface area contributed by atoms with Crippen molar-refractivity contribution in [1.29, 1.82) is 0 Å². The van der Waals surface area contributed by atoms with Gasteiger partial charge in [0.15, 0.2) is 0 Å². The van der Waals surface area contributed by atoms with E-state index in [4.69, 9.17) is 10.5 Å². The second-order valence-corrected chi connectivity index (χ2v) is 6.66. The first-order chi connectivity index (χ1) is 9.04. The van der Waals surface area contributed by atoms with Gasteiger partial charge in [-0.15, -0.1) is 0 Å². The van der Waals surface area contributed by atoms with Crippen LogP contribution >= 0.6 is 0 Å². The molecule has 106 valence electrons. The van der Waals surface area contributed by atoms with Gasteiger partial charge >= 0.3 is 0 Å². The van der Waals surface area contributed by atoms with Crippen molar-refractivity contribution in [2.24, 2.45) is 5.92 Å². The van der Waals surface area contributed by atoms with Crippen molar-refractivity contribution < 1.29 is 13.2 Å². The molecule has 1 aromatic rings. The largest absolute Gasteiger partial charge is 0.384 e. The number of aromatic nitrogens is 1. The lowest BCUT2D eigenvalue weighted by atomic mass is 9.99. The molecule has 0 aromatic carbocycles. The van der Waals surface area contributed by atoms with Crippen molar-refractivity contribution in [3.8, 4) is 0 Å². The molecule has 6 nitrogen and oxygen atoms in total. The van der Waals surface area contributed by atoms with E-state index in [2.05, 4.69) is 4.98 Å². The molecule has 1 aliphatic rings. The zero-order valence-corrected chi connectivity index (χ0v) is 11.8. The summed E-state index contributed by atoms with van der Waals surface area (Å²) in [4.78, 5) is 4.04. The van der Waals surface area contributed by atoms with Crippen LogP contribution in [0.25, 0.3) is 0 Å². The second-order valence-electron chi connectivity index (χ2n) is 4.72. The van der Waals surface area contributed by atoms with E-state index in [-0.39, 0.29) is 4.90 Å². The number of sulfonamides is 1. The molecule has 1 saturated heterocycles. The van der Waals surface area contributed by atoms with Gasteiger partial charge in [-0.25, -0.2) is 13.4 Å². The predicted molar refractivity (Wildman–Crippen MR) is 72.0 cm³/mol. The molecule has 0 amide bonds. The van der Waals surface area contributed by atoms with E-state index < -0.39 is 10.0 Å². The number of methoxy groups -OCH3 is 1. The molecule has 19 heavy (non-hydrogen) atoms. The Morgan fingerprint density at radius 2 is 2.11 bits per heavy atom. The summed E-state index contributed by atoms with van der Waals surface area (Å²) >= 11 is 0. The molecule has 0 atom stereocenters. The summed E-state index contributed by atoms with van der Waals surface area (Å²) in [6, 6.07) is 3.00. The van der Waals surface area contributed by atoms with E-state index in [0.717, 1.165) is 12.8 Å². The first-order valence-electron chi connectivity index (χ1n) is 6.24. The van der Waals surface area contributed by atoms with Gasteiger partial charge < -0.3 is 10.5 Å². The first kappa shape index (κ1) is 14.2. The lowest BCUT2D eigenvalue weighted by Crippen LogP contribution is -2.39. The molecule has 0 bridgehead atoms. The molecular formula is C12H19N3O3S. The van der Waals surface area contributed by atoms with Crippen LogP contribution in [0.3, 0.4) is 0 Å². The fourth-order valence-corrected chi connectivity index (χ4v) is 3.66. The molecule has 0 unspecified atom stereocenters. The van der Waals surface area contributed by atoms with E-state index in [1.54, 1.807) is 7.11 Å². The Morgan fingerprint density at radius 3 is 2.63 bits per heavy atom. The summed E-state index contributed by atoms with van der Waals surface area (Å²) < 4.78 is 31.4. The number of piperidine rings is 1. The third kappa shape index (κ3) is 3.23. The highest BCUT2D eigenvalue weighted by Gasteiger charge is 2.29. The van der Waals surface area contributed by atoms with Crippen LogP contribution in [0.5, 0.6) is 0 Å². The summed E-state index contributed by atoms with van der Waals surface area (Å²) in [6.45, 7) is 1.75. The van der Waals surface area contributed by atoms with Crippen molar-refractivity contribution in [1.82, 2.24) is 9.29 Å². The number of pyridine rings is 1. The van der Waals surface area contributed by atoms with Crippen molar-refractivity contribution >= 4 is 15.8 Å². The molecular weight excluding hydrogens is 266 g/mol. The summed E-state index contributed by atoms with van der Waals surface area (Å²) in [5, 5.41) is 0. The number of anilines is 1. The fourth-order valence-electron chi connectivity index (χ4n) is 2.25. The van der Waals surface area contributed by atoms with Crippen molar-refractivity contribution in [3.63, 3.8) is 0 Å². The molecule has 2 heterocycles. The number of nitrogen functional groups attached to an aromatic ring is 1. The molecule has 1 aliphatic heterocycles. The van der Waals surface area contributed by atoms with Gasteiger partial charge in [0, 0.05) is 33.0 Å². The zero-order chi connectivity index (χ0) is 13.9. The minimum Gasteiger partial charge on any atom is -0.384 e. The minimum atomic E-state index is -3.44. The number of ether oxygens (including phenoxy) is 1. The number of nitrogens with two attached hydrogens (primary N) is 1. The third-order valence-electron chi connectivity index (χ3n) is 3.37.